The number of hydrogen-bond acceptors (Lipinski definition) is 6. The van der Waals surface area contributed by atoms with E-state index in [2.05, 4.69) is 0 Å². The van der Waals surface area contributed by atoms with Crippen LogP contribution in [0.25, 0.3) is 0 Å². The van der Waals surface area contributed by atoms with Crippen LogP contribution in [0.2, 0.25) is 0 Å². The lowest BCUT2D eigenvalue weighted by atomic mass is 9.75. The molecule has 1 aliphatic carbocycles. The molecule has 0 N–H and O–H groups in total. The molecule has 1 fully saturated rings. The van der Waals surface area contributed by atoms with Crippen molar-refractivity contribution in [2.24, 2.45) is 5.41 Å². The number of carbonyl (C=O) groups excluding carboxylic acids is 1. The molecule has 10 heteroatoms. The molecule has 2 rings (SSSR count). The standard InChI is InChI=1S/C19H25F3O6S/c1-17(2,3)18(8-4-5-9-18)28-15-12-13(6-7-14(15)19(20,21)22)16(23)27-10-11-29(24,25)26/h6-7,12H,4-5,8-11H2,1-3H3,(H,24,25,26)/p-1. The van der Waals surface area contributed by atoms with E-state index in [9.17, 15) is 30.9 Å². The highest BCUT2D eigenvalue weighted by Gasteiger charge is 2.48. The van der Waals surface area contributed by atoms with E-state index in [0.29, 0.717) is 12.8 Å². The zero-order chi connectivity index (χ0) is 22.1. The molecule has 0 saturated heterocycles. The summed E-state index contributed by atoms with van der Waals surface area (Å²) in [5.41, 5.74) is -2.48. The lowest BCUT2D eigenvalue weighted by Gasteiger charge is -2.42. The largest absolute Gasteiger partial charge is 0.748 e. The van der Waals surface area contributed by atoms with Gasteiger partial charge in [-0.1, -0.05) is 20.8 Å². The number of esters is 1. The van der Waals surface area contributed by atoms with Gasteiger partial charge in [-0.25, -0.2) is 13.2 Å². The predicted molar refractivity (Wildman–Crippen MR) is 97.6 cm³/mol. The molecule has 0 aliphatic heterocycles. The lowest BCUT2D eigenvalue weighted by molar-refractivity contribution is -0.141. The number of alkyl halides is 3. The Hall–Kier alpha value is -1.81. The van der Waals surface area contributed by atoms with Gasteiger partial charge in [-0.3, -0.25) is 0 Å². The molecular formula is C19H24F3O6S-. The van der Waals surface area contributed by atoms with E-state index < -0.39 is 57.0 Å². The molecule has 0 unspecified atom stereocenters. The van der Waals surface area contributed by atoms with Crippen molar-refractivity contribution < 1.29 is 40.4 Å². The van der Waals surface area contributed by atoms with E-state index in [1.807, 2.05) is 20.8 Å². The third-order valence-corrected chi connectivity index (χ3v) is 5.84. The fourth-order valence-electron chi connectivity index (χ4n) is 3.45. The fourth-order valence-corrected chi connectivity index (χ4v) is 3.74. The van der Waals surface area contributed by atoms with Crippen molar-refractivity contribution in [3.8, 4) is 5.75 Å². The van der Waals surface area contributed by atoms with Gasteiger partial charge in [0.25, 0.3) is 0 Å². The maximum atomic E-state index is 13.5. The smallest absolute Gasteiger partial charge is 0.419 e. The molecule has 164 valence electrons. The van der Waals surface area contributed by atoms with Crippen LogP contribution in [0.4, 0.5) is 13.2 Å². The van der Waals surface area contributed by atoms with Gasteiger partial charge in [0.05, 0.1) is 27.0 Å². The molecule has 1 aromatic rings. The Morgan fingerprint density at radius 1 is 1.17 bits per heavy atom. The van der Waals surface area contributed by atoms with Crippen LogP contribution < -0.4 is 4.74 Å². The van der Waals surface area contributed by atoms with Crippen molar-refractivity contribution in [3.63, 3.8) is 0 Å². The first-order valence-corrected chi connectivity index (χ1v) is 10.7. The van der Waals surface area contributed by atoms with Gasteiger partial charge in [-0.2, -0.15) is 13.2 Å². The molecule has 0 bridgehead atoms. The first-order valence-electron chi connectivity index (χ1n) is 9.16. The highest BCUT2D eigenvalue weighted by atomic mass is 32.2. The average molecular weight is 437 g/mol. The van der Waals surface area contributed by atoms with Gasteiger partial charge in [0.1, 0.15) is 18.0 Å². The van der Waals surface area contributed by atoms with E-state index >= 15 is 0 Å². The van der Waals surface area contributed by atoms with Crippen LogP contribution in [-0.4, -0.2) is 36.9 Å². The van der Waals surface area contributed by atoms with Gasteiger partial charge < -0.3 is 14.0 Å². The van der Waals surface area contributed by atoms with Crippen molar-refractivity contribution in [2.45, 2.75) is 58.2 Å². The van der Waals surface area contributed by atoms with Crippen LogP contribution in [0.15, 0.2) is 18.2 Å². The second-order valence-electron chi connectivity index (χ2n) is 8.16. The maximum Gasteiger partial charge on any atom is 0.419 e. The molecule has 0 spiro atoms. The van der Waals surface area contributed by atoms with Crippen LogP contribution in [0.1, 0.15) is 62.4 Å². The van der Waals surface area contributed by atoms with Gasteiger partial charge in [-0.05, 0) is 43.9 Å². The first kappa shape index (κ1) is 23.5. The number of rotatable bonds is 6. The van der Waals surface area contributed by atoms with E-state index in [1.54, 1.807) is 0 Å². The van der Waals surface area contributed by atoms with Gasteiger partial charge in [0.15, 0.2) is 0 Å². The quantitative estimate of drug-likeness (QED) is 0.490. The molecular weight excluding hydrogens is 413 g/mol. The van der Waals surface area contributed by atoms with Crippen LogP contribution in [0.5, 0.6) is 5.75 Å². The maximum absolute atomic E-state index is 13.5. The minimum atomic E-state index is -4.69. The highest BCUT2D eigenvalue weighted by Crippen LogP contribution is 2.48. The summed E-state index contributed by atoms with van der Waals surface area (Å²) in [6.45, 7) is 5.00. The van der Waals surface area contributed by atoms with Crippen molar-refractivity contribution in [1.82, 2.24) is 0 Å². The highest BCUT2D eigenvalue weighted by molar-refractivity contribution is 7.85. The minimum Gasteiger partial charge on any atom is -0.748 e. The number of carbonyl (C=O) groups is 1. The third kappa shape index (κ3) is 5.85. The molecule has 0 heterocycles. The second-order valence-corrected chi connectivity index (χ2v) is 9.68. The molecule has 0 amide bonds. The van der Waals surface area contributed by atoms with Crippen molar-refractivity contribution >= 4 is 16.1 Å². The van der Waals surface area contributed by atoms with Crippen LogP contribution in [-0.2, 0) is 21.0 Å². The Morgan fingerprint density at radius 2 is 1.76 bits per heavy atom. The summed E-state index contributed by atoms with van der Waals surface area (Å²) in [6.07, 6.45) is -1.87. The summed E-state index contributed by atoms with van der Waals surface area (Å²) in [4.78, 5) is 12.1. The Balaban J connectivity index is 2.36. The van der Waals surface area contributed by atoms with Gasteiger partial charge in [-0.15, -0.1) is 0 Å². The summed E-state index contributed by atoms with van der Waals surface area (Å²) in [6, 6.07) is 2.63. The summed E-state index contributed by atoms with van der Waals surface area (Å²) in [5.74, 6) is -2.43. The normalized spacial score (nSPS) is 17.2. The van der Waals surface area contributed by atoms with Crippen LogP contribution in [0, 0.1) is 5.41 Å². The lowest BCUT2D eigenvalue weighted by Crippen LogP contribution is -2.46. The van der Waals surface area contributed by atoms with Crippen molar-refractivity contribution in [2.75, 3.05) is 12.4 Å². The molecule has 6 nitrogen and oxygen atoms in total. The Morgan fingerprint density at radius 3 is 2.24 bits per heavy atom. The molecule has 1 aromatic carbocycles. The fraction of sp³-hybridized carbons (Fsp3) is 0.632. The second kappa shape index (κ2) is 8.14. The predicted octanol–water partition coefficient (Wildman–Crippen LogP) is 4.15. The van der Waals surface area contributed by atoms with Gasteiger partial charge >= 0.3 is 12.1 Å². The SMILES string of the molecule is CC(C)(C)C1(Oc2cc(C(=O)OCCS(=O)(=O)[O-])ccc2C(F)(F)F)CCCC1. The third-order valence-electron chi connectivity index (χ3n) is 5.17. The summed E-state index contributed by atoms with van der Waals surface area (Å²) in [5, 5.41) is 0. The van der Waals surface area contributed by atoms with Crippen molar-refractivity contribution in [3.05, 3.63) is 29.3 Å². The zero-order valence-corrected chi connectivity index (χ0v) is 17.3. The van der Waals surface area contributed by atoms with Crippen LogP contribution >= 0.6 is 0 Å². The molecule has 0 atom stereocenters. The van der Waals surface area contributed by atoms with E-state index in [0.717, 1.165) is 31.0 Å². The number of benzene rings is 1. The zero-order valence-electron chi connectivity index (χ0n) is 16.5. The molecule has 0 aromatic heterocycles. The summed E-state index contributed by atoms with van der Waals surface area (Å²) < 4.78 is 83.0. The topological polar surface area (TPSA) is 92.7 Å². The summed E-state index contributed by atoms with van der Waals surface area (Å²) >= 11 is 0. The number of ether oxygens (including phenoxy) is 2. The Kier molecular flexibility index (Phi) is 6.59. The van der Waals surface area contributed by atoms with Crippen molar-refractivity contribution in [1.29, 1.82) is 0 Å². The Bertz CT molecular complexity index is 850. The molecule has 1 saturated carbocycles. The molecule has 0 radical (unpaired) electrons. The molecule has 1 aliphatic rings. The number of halogens is 3. The number of hydrogen-bond donors (Lipinski definition) is 0. The van der Waals surface area contributed by atoms with Gasteiger partial charge in [0, 0.05) is 5.41 Å². The van der Waals surface area contributed by atoms with E-state index in [1.165, 1.54) is 0 Å². The molecule has 29 heavy (non-hydrogen) atoms. The average Bonchev–Trinajstić information content (AvgIpc) is 3.02. The minimum absolute atomic E-state index is 0.224. The summed E-state index contributed by atoms with van der Waals surface area (Å²) in [7, 11) is -4.58. The van der Waals surface area contributed by atoms with Crippen LogP contribution in [0.3, 0.4) is 0 Å². The van der Waals surface area contributed by atoms with E-state index in [-0.39, 0.29) is 5.56 Å². The Labute approximate surface area is 168 Å². The monoisotopic (exact) mass is 437 g/mol. The first-order chi connectivity index (χ1) is 13.1. The van der Waals surface area contributed by atoms with Gasteiger partial charge in [0.2, 0.25) is 0 Å². The van der Waals surface area contributed by atoms with E-state index in [4.69, 9.17) is 9.47 Å².